The van der Waals surface area contributed by atoms with E-state index in [2.05, 4.69) is 5.32 Å². The van der Waals surface area contributed by atoms with Crippen molar-refractivity contribution in [2.45, 2.75) is 59.3 Å². The number of amides is 1. The number of carbonyl (C=O) groups excluding carboxylic acids is 4. The Balaban J connectivity index is 1.67. The van der Waals surface area contributed by atoms with Crippen molar-refractivity contribution in [3.63, 3.8) is 0 Å². The zero-order valence-corrected chi connectivity index (χ0v) is 19.3. The van der Waals surface area contributed by atoms with E-state index in [1.807, 2.05) is 6.07 Å². The SMILES string of the molecule is CCOC(=O)c1c(NC(=O)COC(=O)c2cc3c(s2)CCCCCC3)oc(C)c1C(C)=O. The van der Waals surface area contributed by atoms with Gasteiger partial charge in [-0.2, -0.15) is 0 Å². The molecular weight excluding hydrogens is 434 g/mol. The normalized spacial score (nSPS) is 13.5. The van der Waals surface area contributed by atoms with Crippen molar-refractivity contribution in [2.24, 2.45) is 0 Å². The van der Waals surface area contributed by atoms with Gasteiger partial charge in [0.15, 0.2) is 12.4 Å². The molecule has 0 atom stereocenters. The van der Waals surface area contributed by atoms with Crippen molar-refractivity contribution >= 4 is 40.9 Å². The number of hydrogen-bond acceptors (Lipinski definition) is 8. The summed E-state index contributed by atoms with van der Waals surface area (Å²) in [5.74, 6) is -2.45. The molecule has 2 aromatic heterocycles. The molecule has 0 aliphatic heterocycles. The topological polar surface area (TPSA) is 112 Å². The Morgan fingerprint density at radius 2 is 1.75 bits per heavy atom. The summed E-state index contributed by atoms with van der Waals surface area (Å²) in [7, 11) is 0. The van der Waals surface area contributed by atoms with Crippen LogP contribution in [0.5, 0.6) is 0 Å². The fourth-order valence-corrected chi connectivity index (χ4v) is 4.91. The largest absolute Gasteiger partial charge is 0.462 e. The Bertz CT molecular complexity index is 1010. The molecule has 2 aromatic rings. The molecule has 8 nitrogen and oxygen atoms in total. The number of ketones is 1. The predicted molar refractivity (Wildman–Crippen MR) is 119 cm³/mol. The van der Waals surface area contributed by atoms with E-state index >= 15 is 0 Å². The van der Waals surface area contributed by atoms with E-state index < -0.39 is 30.2 Å². The number of anilines is 1. The number of fused-ring (bicyclic) bond motifs is 1. The molecule has 9 heteroatoms. The van der Waals surface area contributed by atoms with Gasteiger partial charge in [-0.1, -0.05) is 12.8 Å². The molecule has 0 fully saturated rings. The molecule has 0 saturated heterocycles. The van der Waals surface area contributed by atoms with E-state index in [0.717, 1.165) is 25.7 Å². The molecule has 0 saturated carbocycles. The van der Waals surface area contributed by atoms with Crippen molar-refractivity contribution in [1.29, 1.82) is 0 Å². The van der Waals surface area contributed by atoms with Crippen molar-refractivity contribution in [3.05, 3.63) is 38.3 Å². The average Bonchev–Trinajstić information content (AvgIpc) is 3.26. The molecule has 1 aliphatic rings. The maximum atomic E-state index is 12.5. The molecular formula is C23H27NO7S. The molecule has 172 valence electrons. The minimum Gasteiger partial charge on any atom is -0.462 e. The van der Waals surface area contributed by atoms with Gasteiger partial charge in [-0.05, 0) is 58.1 Å². The van der Waals surface area contributed by atoms with Gasteiger partial charge in [0.2, 0.25) is 5.88 Å². The van der Waals surface area contributed by atoms with Gasteiger partial charge in [-0.25, -0.2) is 9.59 Å². The standard InChI is InChI=1S/C23H27NO7S/c1-4-29-23(28)20-19(13(2)25)14(3)31-21(20)24-18(26)12-30-22(27)17-11-15-9-7-5-6-8-10-16(15)32-17/h11H,4-10,12H2,1-3H3,(H,24,26). The Morgan fingerprint density at radius 1 is 1.03 bits per heavy atom. The lowest BCUT2D eigenvalue weighted by molar-refractivity contribution is -0.119. The van der Waals surface area contributed by atoms with Gasteiger partial charge in [-0.15, -0.1) is 11.3 Å². The fraction of sp³-hybridized carbons (Fsp3) is 0.478. The minimum absolute atomic E-state index is 0.0479. The van der Waals surface area contributed by atoms with E-state index in [1.54, 1.807) is 6.92 Å². The lowest BCUT2D eigenvalue weighted by Crippen LogP contribution is -2.22. The maximum Gasteiger partial charge on any atom is 0.348 e. The van der Waals surface area contributed by atoms with Crippen LogP contribution in [0, 0.1) is 6.92 Å². The highest BCUT2D eigenvalue weighted by Crippen LogP contribution is 2.30. The number of nitrogens with one attached hydrogen (secondary N) is 1. The van der Waals surface area contributed by atoms with Gasteiger partial charge in [-0.3, -0.25) is 14.9 Å². The first-order valence-electron chi connectivity index (χ1n) is 10.7. The van der Waals surface area contributed by atoms with Crippen LogP contribution in [0.15, 0.2) is 10.5 Å². The summed E-state index contributed by atoms with van der Waals surface area (Å²) >= 11 is 1.42. The number of Topliss-reactive ketones (excluding diaryl/α,β-unsaturated/α-hetero) is 1. The lowest BCUT2D eigenvalue weighted by atomic mass is 10.00. The highest BCUT2D eigenvalue weighted by molar-refractivity contribution is 7.14. The third-order valence-corrected chi connectivity index (χ3v) is 6.42. The molecule has 1 N–H and O–H groups in total. The molecule has 32 heavy (non-hydrogen) atoms. The summed E-state index contributed by atoms with van der Waals surface area (Å²) in [4.78, 5) is 50.8. The van der Waals surface area contributed by atoms with E-state index in [9.17, 15) is 19.2 Å². The van der Waals surface area contributed by atoms with Crippen LogP contribution in [-0.4, -0.2) is 36.8 Å². The van der Waals surface area contributed by atoms with Crippen LogP contribution < -0.4 is 5.32 Å². The number of hydrogen-bond donors (Lipinski definition) is 1. The summed E-state index contributed by atoms with van der Waals surface area (Å²) in [6, 6.07) is 1.86. The molecule has 3 rings (SSSR count). The smallest absolute Gasteiger partial charge is 0.348 e. The second kappa shape index (κ2) is 10.6. The molecule has 0 unspecified atom stereocenters. The molecule has 0 spiro atoms. The maximum absolute atomic E-state index is 12.5. The van der Waals surface area contributed by atoms with E-state index in [1.165, 1.54) is 48.5 Å². The third-order valence-electron chi connectivity index (χ3n) is 5.20. The lowest BCUT2D eigenvalue weighted by Gasteiger charge is -2.07. The Kier molecular flexibility index (Phi) is 7.84. The van der Waals surface area contributed by atoms with Crippen LogP contribution in [0.4, 0.5) is 5.88 Å². The van der Waals surface area contributed by atoms with Gasteiger partial charge >= 0.3 is 11.9 Å². The van der Waals surface area contributed by atoms with E-state index in [-0.39, 0.29) is 29.4 Å². The van der Waals surface area contributed by atoms with Crippen LogP contribution in [0.1, 0.15) is 86.1 Å². The Hall–Kier alpha value is -2.94. The molecule has 0 bridgehead atoms. The van der Waals surface area contributed by atoms with Crippen LogP contribution >= 0.6 is 11.3 Å². The second-order valence-electron chi connectivity index (χ2n) is 7.61. The van der Waals surface area contributed by atoms with Gasteiger partial charge in [0.25, 0.3) is 5.91 Å². The van der Waals surface area contributed by atoms with Gasteiger partial charge < -0.3 is 13.9 Å². The van der Waals surface area contributed by atoms with Crippen molar-refractivity contribution in [2.75, 3.05) is 18.5 Å². The molecule has 2 heterocycles. The number of carbonyl (C=O) groups is 4. The number of ether oxygens (including phenoxy) is 2. The van der Waals surface area contributed by atoms with Crippen molar-refractivity contribution in [3.8, 4) is 0 Å². The first-order valence-corrected chi connectivity index (χ1v) is 11.5. The number of esters is 2. The summed E-state index contributed by atoms with van der Waals surface area (Å²) in [5, 5.41) is 2.41. The van der Waals surface area contributed by atoms with Crippen LogP contribution in [0.3, 0.4) is 0 Å². The fourth-order valence-electron chi connectivity index (χ4n) is 3.76. The van der Waals surface area contributed by atoms with Crippen molar-refractivity contribution in [1.82, 2.24) is 0 Å². The predicted octanol–water partition coefficient (Wildman–Crippen LogP) is 4.48. The number of aryl methyl sites for hydroxylation is 3. The number of thiophene rings is 1. The van der Waals surface area contributed by atoms with E-state index in [4.69, 9.17) is 13.9 Å². The number of rotatable bonds is 7. The first kappa shape index (κ1) is 23.7. The highest BCUT2D eigenvalue weighted by atomic mass is 32.1. The highest BCUT2D eigenvalue weighted by Gasteiger charge is 2.29. The van der Waals surface area contributed by atoms with Crippen LogP contribution in [0.2, 0.25) is 0 Å². The summed E-state index contributed by atoms with van der Waals surface area (Å²) in [5.41, 5.74) is 1.09. The van der Waals surface area contributed by atoms with Crippen molar-refractivity contribution < 1.29 is 33.1 Å². The van der Waals surface area contributed by atoms with Gasteiger partial charge in [0, 0.05) is 4.88 Å². The monoisotopic (exact) mass is 461 g/mol. The third kappa shape index (κ3) is 5.45. The Labute approximate surface area is 190 Å². The molecule has 0 radical (unpaired) electrons. The Morgan fingerprint density at radius 3 is 2.44 bits per heavy atom. The average molecular weight is 462 g/mol. The summed E-state index contributed by atoms with van der Waals surface area (Å²) in [6.45, 7) is 3.97. The quantitative estimate of drug-likeness (QED) is 0.478. The first-order chi connectivity index (χ1) is 15.3. The van der Waals surface area contributed by atoms with E-state index in [0.29, 0.717) is 4.88 Å². The second-order valence-corrected chi connectivity index (χ2v) is 8.75. The van der Waals surface area contributed by atoms with Crippen LogP contribution in [0.25, 0.3) is 0 Å². The molecule has 1 aliphatic carbocycles. The van der Waals surface area contributed by atoms with Gasteiger partial charge in [0.05, 0.1) is 12.2 Å². The zero-order valence-electron chi connectivity index (χ0n) is 18.5. The molecule has 0 aromatic carbocycles. The number of furan rings is 1. The zero-order chi connectivity index (χ0) is 23.3. The van der Waals surface area contributed by atoms with Crippen LogP contribution in [-0.2, 0) is 27.1 Å². The summed E-state index contributed by atoms with van der Waals surface area (Å²) in [6.07, 6.45) is 6.52. The van der Waals surface area contributed by atoms with Gasteiger partial charge in [0.1, 0.15) is 16.2 Å². The summed E-state index contributed by atoms with van der Waals surface area (Å²) < 4.78 is 15.6. The molecule has 1 amide bonds. The minimum atomic E-state index is -0.780.